The highest BCUT2D eigenvalue weighted by Crippen LogP contribution is 2.26. The Balaban J connectivity index is 1.83. The number of benzene rings is 1. The van der Waals surface area contributed by atoms with Crippen LogP contribution in [0, 0.1) is 11.8 Å². The molecule has 4 heteroatoms. The Bertz CT molecular complexity index is 421. The molecule has 0 bridgehead atoms. The number of nitrogens with one attached hydrogen (secondary N) is 1. The smallest absolute Gasteiger partial charge is 0.307 e. The summed E-state index contributed by atoms with van der Waals surface area (Å²) < 4.78 is 5.86. The minimum atomic E-state index is -0.752. The van der Waals surface area contributed by atoms with Crippen LogP contribution in [-0.2, 0) is 16.1 Å². The number of carboxylic acid groups (broad SMARTS) is 1. The van der Waals surface area contributed by atoms with Gasteiger partial charge in [-0.3, -0.25) is 4.79 Å². The summed E-state index contributed by atoms with van der Waals surface area (Å²) in [5.74, 6) is -0.853. The molecular formula is C15H21NO3. The van der Waals surface area contributed by atoms with Gasteiger partial charge in [-0.1, -0.05) is 37.3 Å². The third kappa shape index (κ3) is 3.33. The van der Waals surface area contributed by atoms with Crippen molar-refractivity contribution in [2.45, 2.75) is 32.6 Å². The molecule has 1 aromatic rings. The van der Waals surface area contributed by atoms with Gasteiger partial charge in [0.2, 0.25) is 0 Å². The van der Waals surface area contributed by atoms with Crippen molar-refractivity contribution in [2.24, 2.45) is 11.8 Å². The van der Waals surface area contributed by atoms with Crippen LogP contribution in [-0.4, -0.2) is 29.8 Å². The third-order valence-electron chi connectivity index (χ3n) is 3.94. The zero-order valence-electron chi connectivity index (χ0n) is 11.4. The predicted molar refractivity (Wildman–Crippen MR) is 72.8 cm³/mol. The molecular weight excluding hydrogens is 242 g/mol. The van der Waals surface area contributed by atoms with Gasteiger partial charge in [-0.25, -0.2) is 0 Å². The van der Waals surface area contributed by atoms with Crippen LogP contribution >= 0.6 is 0 Å². The molecule has 0 spiro atoms. The largest absolute Gasteiger partial charge is 0.481 e. The van der Waals surface area contributed by atoms with Crippen LogP contribution < -0.4 is 5.32 Å². The van der Waals surface area contributed by atoms with Gasteiger partial charge < -0.3 is 15.2 Å². The Kier molecular flexibility index (Phi) is 4.56. The van der Waals surface area contributed by atoms with Gasteiger partial charge in [-0.05, 0) is 12.5 Å². The van der Waals surface area contributed by atoms with Crippen molar-refractivity contribution in [1.29, 1.82) is 0 Å². The molecule has 0 saturated carbocycles. The summed E-state index contributed by atoms with van der Waals surface area (Å²) in [4.78, 5) is 11.0. The second kappa shape index (κ2) is 6.17. The van der Waals surface area contributed by atoms with E-state index in [4.69, 9.17) is 9.84 Å². The van der Waals surface area contributed by atoms with Crippen LogP contribution in [0.5, 0.6) is 0 Å². The minimum absolute atomic E-state index is 0.0169. The Labute approximate surface area is 113 Å². The van der Waals surface area contributed by atoms with E-state index in [-0.39, 0.29) is 24.0 Å². The van der Waals surface area contributed by atoms with E-state index < -0.39 is 5.97 Å². The molecule has 0 amide bonds. The first kappa shape index (κ1) is 14.0. The van der Waals surface area contributed by atoms with E-state index in [0.717, 1.165) is 12.1 Å². The fourth-order valence-corrected chi connectivity index (χ4v) is 2.47. The van der Waals surface area contributed by atoms with Gasteiger partial charge in [0.15, 0.2) is 0 Å². The number of rotatable bonds is 6. The molecule has 1 aliphatic rings. The molecule has 19 heavy (non-hydrogen) atoms. The molecule has 0 radical (unpaired) electrons. The number of hydrogen-bond donors (Lipinski definition) is 2. The molecule has 0 aromatic heterocycles. The molecule has 4 atom stereocenters. The average Bonchev–Trinajstić information content (AvgIpc) is 2.36. The highest BCUT2D eigenvalue weighted by Gasteiger charge is 2.41. The Morgan fingerprint density at radius 2 is 2.11 bits per heavy atom. The van der Waals surface area contributed by atoms with Crippen LogP contribution in [0.4, 0.5) is 0 Å². The zero-order valence-corrected chi connectivity index (χ0v) is 11.4. The van der Waals surface area contributed by atoms with Gasteiger partial charge in [0, 0.05) is 18.5 Å². The maximum Gasteiger partial charge on any atom is 0.307 e. The van der Waals surface area contributed by atoms with Crippen molar-refractivity contribution in [1.82, 2.24) is 5.32 Å². The molecule has 1 aliphatic heterocycles. The van der Waals surface area contributed by atoms with Gasteiger partial charge in [-0.2, -0.15) is 0 Å². The third-order valence-corrected chi connectivity index (χ3v) is 3.94. The lowest BCUT2D eigenvalue weighted by Crippen LogP contribution is -2.61. The van der Waals surface area contributed by atoms with Crippen molar-refractivity contribution >= 4 is 5.97 Å². The first-order valence-electron chi connectivity index (χ1n) is 6.71. The van der Waals surface area contributed by atoms with Crippen molar-refractivity contribution in [3.05, 3.63) is 35.9 Å². The fourth-order valence-electron chi connectivity index (χ4n) is 2.47. The number of carbonyl (C=O) groups is 1. The maximum absolute atomic E-state index is 11.0. The topological polar surface area (TPSA) is 58.6 Å². The van der Waals surface area contributed by atoms with Crippen LogP contribution in [0.25, 0.3) is 0 Å². The second-order valence-electron chi connectivity index (χ2n) is 5.23. The first-order valence-corrected chi connectivity index (χ1v) is 6.71. The van der Waals surface area contributed by atoms with E-state index in [9.17, 15) is 4.79 Å². The van der Waals surface area contributed by atoms with Gasteiger partial charge in [-0.15, -0.1) is 0 Å². The van der Waals surface area contributed by atoms with Gasteiger partial charge in [0.25, 0.3) is 0 Å². The van der Waals surface area contributed by atoms with Crippen molar-refractivity contribution < 1.29 is 14.6 Å². The predicted octanol–water partition coefficient (Wildman–Crippen LogP) is 1.90. The fraction of sp³-hybridized carbons (Fsp3) is 0.533. The van der Waals surface area contributed by atoms with Crippen LogP contribution in [0.2, 0.25) is 0 Å². The summed E-state index contributed by atoms with van der Waals surface area (Å²) in [6.45, 7) is 5.18. The number of carboxylic acids is 1. The van der Waals surface area contributed by atoms with Gasteiger partial charge in [0.05, 0.1) is 18.6 Å². The zero-order chi connectivity index (χ0) is 13.8. The van der Waals surface area contributed by atoms with E-state index in [2.05, 4.69) is 5.32 Å². The first-order chi connectivity index (χ1) is 9.09. The van der Waals surface area contributed by atoms with E-state index in [0.29, 0.717) is 6.61 Å². The molecule has 0 aliphatic carbocycles. The summed E-state index contributed by atoms with van der Waals surface area (Å²) >= 11 is 0. The van der Waals surface area contributed by atoms with Crippen molar-refractivity contribution in [3.63, 3.8) is 0 Å². The second-order valence-corrected chi connectivity index (χ2v) is 5.23. The van der Waals surface area contributed by atoms with E-state index >= 15 is 0 Å². The van der Waals surface area contributed by atoms with Crippen LogP contribution in [0.3, 0.4) is 0 Å². The SMILES string of the molecule is C[C@@H](OCc1ccccc1)C1CNC1[C@@H](C)C(=O)O. The van der Waals surface area contributed by atoms with Crippen LogP contribution in [0.1, 0.15) is 19.4 Å². The Morgan fingerprint density at radius 3 is 2.63 bits per heavy atom. The number of hydrogen-bond acceptors (Lipinski definition) is 3. The lowest BCUT2D eigenvalue weighted by Gasteiger charge is -2.43. The molecule has 2 rings (SSSR count). The number of ether oxygens (including phenoxy) is 1. The molecule has 2 unspecified atom stereocenters. The minimum Gasteiger partial charge on any atom is -0.481 e. The molecule has 1 fully saturated rings. The highest BCUT2D eigenvalue weighted by molar-refractivity contribution is 5.70. The van der Waals surface area contributed by atoms with Crippen LogP contribution in [0.15, 0.2) is 30.3 Å². The Hall–Kier alpha value is -1.39. The molecule has 104 valence electrons. The van der Waals surface area contributed by atoms with E-state index in [1.165, 1.54) is 0 Å². The van der Waals surface area contributed by atoms with Gasteiger partial charge in [0.1, 0.15) is 0 Å². The van der Waals surface area contributed by atoms with E-state index in [1.54, 1.807) is 6.92 Å². The Morgan fingerprint density at radius 1 is 1.42 bits per heavy atom. The molecule has 1 saturated heterocycles. The normalized spacial score (nSPS) is 25.4. The summed E-state index contributed by atoms with van der Waals surface area (Å²) in [6, 6.07) is 10.0. The summed E-state index contributed by atoms with van der Waals surface area (Å²) in [5.41, 5.74) is 1.14. The summed E-state index contributed by atoms with van der Waals surface area (Å²) in [5, 5.41) is 12.2. The van der Waals surface area contributed by atoms with Crippen molar-refractivity contribution in [3.8, 4) is 0 Å². The maximum atomic E-state index is 11.0. The molecule has 1 heterocycles. The average molecular weight is 263 g/mol. The number of aliphatic carboxylic acids is 1. The summed E-state index contributed by atoms with van der Waals surface area (Å²) in [6.07, 6.45) is 0.0632. The standard InChI is InChI=1S/C15H21NO3/c1-10(15(17)18)14-13(8-16-14)11(2)19-9-12-6-4-3-5-7-12/h3-7,10-11,13-14,16H,8-9H2,1-2H3,(H,17,18)/t10-,11-,13?,14?/m1/s1. The molecule has 1 aromatic carbocycles. The quantitative estimate of drug-likeness (QED) is 0.823. The van der Waals surface area contributed by atoms with Crippen molar-refractivity contribution in [2.75, 3.05) is 6.54 Å². The highest BCUT2D eigenvalue weighted by atomic mass is 16.5. The lowest BCUT2D eigenvalue weighted by molar-refractivity contribution is -0.145. The molecule has 4 nitrogen and oxygen atoms in total. The van der Waals surface area contributed by atoms with Gasteiger partial charge >= 0.3 is 5.97 Å². The lowest BCUT2D eigenvalue weighted by atomic mass is 9.79. The summed E-state index contributed by atoms with van der Waals surface area (Å²) in [7, 11) is 0. The monoisotopic (exact) mass is 263 g/mol. The molecule has 2 N–H and O–H groups in total. The van der Waals surface area contributed by atoms with E-state index in [1.807, 2.05) is 37.3 Å².